The molecule has 0 aromatic carbocycles. The fraction of sp³-hybridized carbons (Fsp3) is 0.889. The van der Waals surface area contributed by atoms with Crippen molar-refractivity contribution in [2.75, 3.05) is 7.11 Å². The highest BCUT2D eigenvalue weighted by molar-refractivity contribution is 5.72. The maximum Gasteiger partial charge on any atom is 0.308 e. The third-order valence-electron chi connectivity index (χ3n) is 2.69. The van der Waals surface area contributed by atoms with Gasteiger partial charge in [0.05, 0.1) is 19.1 Å². The number of aliphatic hydroxyl groups is 1. The first-order chi connectivity index (χ1) is 5.65. The van der Waals surface area contributed by atoms with Gasteiger partial charge in [-0.25, -0.2) is 0 Å². The largest absolute Gasteiger partial charge is 0.469 e. The van der Waals surface area contributed by atoms with Crippen LogP contribution in [0.3, 0.4) is 0 Å². The zero-order valence-electron chi connectivity index (χ0n) is 7.62. The topological polar surface area (TPSA) is 46.5 Å². The summed E-state index contributed by atoms with van der Waals surface area (Å²) in [5.74, 6) is 0.0630. The number of aliphatic hydroxyl groups excluding tert-OH is 1. The maximum atomic E-state index is 11.1. The lowest BCUT2D eigenvalue weighted by Crippen LogP contribution is -2.31. The highest BCUT2D eigenvalue weighted by Crippen LogP contribution is 2.29. The molecule has 0 aromatic rings. The Hall–Kier alpha value is -0.570. The van der Waals surface area contributed by atoms with Gasteiger partial charge in [-0.2, -0.15) is 0 Å². The minimum atomic E-state index is -0.331. The molecule has 1 saturated carbocycles. The van der Waals surface area contributed by atoms with Crippen LogP contribution >= 0.6 is 0 Å². The van der Waals surface area contributed by atoms with Crippen molar-refractivity contribution in [3.05, 3.63) is 0 Å². The van der Waals surface area contributed by atoms with Crippen LogP contribution in [-0.2, 0) is 9.53 Å². The second kappa shape index (κ2) is 3.90. The minimum absolute atomic E-state index is 0.0822. The molecule has 1 aliphatic carbocycles. The Morgan fingerprint density at radius 1 is 1.50 bits per heavy atom. The number of methoxy groups -OCH3 is 1. The van der Waals surface area contributed by atoms with Gasteiger partial charge in [-0.05, 0) is 25.2 Å². The summed E-state index contributed by atoms with van der Waals surface area (Å²) in [5, 5.41) is 9.48. The molecule has 0 unspecified atom stereocenters. The molecule has 0 amide bonds. The summed E-state index contributed by atoms with van der Waals surface area (Å²) in [6.45, 7) is 2.01. The number of carbonyl (C=O) groups is 1. The summed E-state index contributed by atoms with van der Waals surface area (Å²) in [6, 6.07) is 0. The van der Waals surface area contributed by atoms with Crippen molar-refractivity contribution in [1.29, 1.82) is 0 Å². The zero-order valence-corrected chi connectivity index (χ0v) is 7.62. The molecule has 1 rings (SSSR count). The van der Waals surface area contributed by atoms with Crippen LogP contribution in [-0.4, -0.2) is 24.3 Å². The van der Waals surface area contributed by atoms with E-state index in [1.807, 2.05) is 6.92 Å². The average molecular weight is 172 g/mol. The van der Waals surface area contributed by atoms with Crippen molar-refractivity contribution in [2.24, 2.45) is 11.8 Å². The van der Waals surface area contributed by atoms with Gasteiger partial charge in [0.15, 0.2) is 0 Å². The fourth-order valence-electron chi connectivity index (χ4n) is 1.68. The molecule has 3 atom stereocenters. The van der Waals surface area contributed by atoms with Crippen molar-refractivity contribution in [2.45, 2.75) is 32.3 Å². The van der Waals surface area contributed by atoms with E-state index in [2.05, 4.69) is 4.74 Å². The van der Waals surface area contributed by atoms with Gasteiger partial charge in [-0.15, -0.1) is 0 Å². The number of carbonyl (C=O) groups excluding carboxylic acids is 1. The molecule has 12 heavy (non-hydrogen) atoms. The fourth-order valence-corrected chi connectivity index (χ4v) is 1.68. The van der Waals surface area contributed by atoms with Gasteiger partial charge >= 0.3 is 5.97 Å². The Balaban J connectivity index is 2.45. The first-order valence-corrected chi connectivity index (χ1v) is 4.41. The molecule has 1 aliphatic rings. The van der Waals surface area contributed by atoms with E-state index in [-0.39, 0.29) is 18.0 Å². The van der Waals surface area contributed by atoms with Gasteiger partial charge in [0.25, 0.3) is 0 Å². The van der Waals surface area contributed by atoms with Crippen molar-refractivity contribution in [1.82, 2.24) is 0 Å². The lowest BCUT2D eigenvalue weighted by Gasteiger charge is -2.29. The zero-order chi connectivity index (χ0) is 9.14. The van der Waals surface area contributed by atoms with Crippen molar-refractivity contribution in [3.63, 3.8) is 0 Å². The van der Waals surface area contributed by atoms with Crippen LogP contribution < -0.4 is 0 Å². The molecule has 1 fully saturated rings. The predicted octanol–water partition coefficient (Wildman–Crippen LogP) is 0.956. The Morgan fingerprint density at radius 3 is 2.67 bits per heavy atom. The quantitative estimate of drug-likeness (QED) is 0.599. The SMILES string of the molecule is COC(=O)[C@@H]1CC[C@@H](C)[C@H](O)C1. The molecule has 0 bridgehead atoms. The molecule has 70 valence electrons. The first-order valence-electron chi connectivity index (χ1n) is 4.41. The van der Waals surface area contributed by atoms with Gasteiger partial charge in [-0.3, -0.25) is 4.79 Å². The molecule has 0 aromatic heterocycles. The maximum absolute atomic E-state index is 11.1. The number of esters is 1. The highest BCUT2D eigenvalue weighted by Gasteiger charge is 2.30. The van der Waals surface area contributed by atoms with E-state index in [4.69, 9.17) is 0 Å². The second-order valence-corrected chi connectivity index (χ2v) is 3.58. The van der Waals surface area contributed by atoms with Gasteiger partial charge in [0, 0.05) is 0 Å². The van der Waals surface area contributed by atoms with E-state index in [1.165, 1.54) is 7.11 Å². The van der Waals surface area contributed by atoms with Crippen LogP contribution in [0.25, 0.3) is 0 Å². The summed E-state index contributed by atoms with van der Waals surface area (Å²) in [4.78, 5) is 11.1. The summed E-state index contributed by atoms with van der Waals surface area (Å²) < 4.78 is 4.62. The Kier molecular flexibility index (Phi) is 3.09. The molecular weight excluding hydrogens is 156 g/mol. The summed E-state index contributed by atoms with van der Waals surface area (Å²) >= 11 is 0. The smallest absolute Gasteiger partial charge is 0.308 e. The average Bonchev–Trinajstić information content (AvgIpc) is 2.08. The van der Waals surface area contributed by atoms with Crippen LogP contribution in [0.2, 0.25) is 0 Å². The molecule has 3 heteroatoms. The summed E-state index contributed by atoms with van der Waals surface area (Å²) in [6.07, 6.45) is 2.00. The van der Waals surface area contributed by atoms with Crippen LogP contribution in [0.5, 0.6) is 0 Å². The van der Waals surface area contributed by atoms with Gasteiger partial charge in [0.2, 0.25) is 0 Å². The third kappa shape index (κ3) is 1.97. The highest BCUT2D eigenvalue weighted by atomic mass is 16.5. The van der Waals surface area contributed by atoms with E-state index in [9.17, 15) is 9.90 Å². The molecule has 0 saturated heterocycles. The molecule has 0 radical (unpaired) electrons. The lowest BCUT2D eigenvalue weighted by molar-refractivity contribution is -0.148. The predicted molar refractivity (Wildman–Crippen MR) is 44.5 cm³/mol. The summed E-state index contributed by atoms with van der Waals surface area (Å²) in [5.41, 5.74) is 0. The van der Waals surface area contributed by atoms with Crippen LogP contribution in [0.4, 0.5) is 0 Å². The molecule has 0 heterocycles. The van der Waals surface area contributed by atoms with Gasteiger partial charge in [0.1, 0.15) is 0 Å². The summed E-state index contributed by atoms with van der Waals surface area (Å²) in [7, 11) is 1.40. The standard InChI is InChI=1S/C9H16O3/c1-6-3-4-7(5-8(6)10)9(11)12-2/h6-8,10H,3-5H2,1-2H3/t6-,7-,8-/m1/s1. The normalized spacial score (nSPS) is 36.1. The van der Waals surface area contributed by atoms with E-state index in [0.717, 1.165) is 12.8 Å². The first kappa shape index (κ1) is 9.52. The third-order valence-corrected chi connectivity index (χ3v) is 2.69. The van der Waals surface area contributed by atoms with E-state index >= 15 is 0 Å². The van der Waals surface area contributed by atoms with Crippen molar-refractivity contribution in [3.8, 4) is 0 Å². The number of hydrogen-bond acceptors (Lipinski definition) is 3. The van der Waals surface area contributed by atoms with E-state index in [1.54, 1.807) is 0 Å². The van der Waals surface area contributed by atoms with E-state index < -0.39 is 0 Å². The van der Waals surface area contributed by atoms with Crippen molar-refractivity contribution >= 4 is 5.97 Å². The molecule has 3 nitrogen and oxygen atoms in total. The van der Waals surface area contributed by atoms with Crippen LogP contribution in [0, 0.1) is 11.8 Å². The molecule has 1 N–H and O–H groups in total. The molecule has 0 spiro atoms. The molecular formula is C9H16O3. The van der Waals surface area contributed by atoms with E-state index in [0.29, 0.717) is 12.3 Å². The molecule has 0 aliphatic heterocycles. The Labute approximate surface area is 72.7 Å². The lowest BCUT2D eigenvalue weighted by atomic mass is 9.81. The Morgan fingerprint density at radius 2 is 2.17 bits per heavy atom. The minimum Gasteiger partial charge on any atom is -0.469 e. The monoisotopic (exact) mass is 172 g/mol. The van der Waals surface area contributed by atoms with Gasteiger partial charge < -0.3 is 9.84 Å². The number of rotatable bonds is 1. The van der Waals surface area contributed by atoms with Crippen LogP contribution in [0.1, 0.15) is 26.2 Å². The number of ether oxygens (including phenoxy) is 1. The number of hydrogen-bond donors (Lipinski definition) is 1. The second-order valence-electron chi connectivity index (χ2n) is 3.58. The van der Waals surface area contributed by atoms with Gasteiger partial charge in [-0.1, -0.05) is 6.92 Å². The van der Waals surface area contributed by atoms with Crippen molar-refractivity contribution < 1.29 is 14.6 Å². The van der Waals surface area contributed by atoms with Crippen LogP contribution in [0.15, 0.2) is 0 Å². The Bertz CT molecular complexity index is 167.